The molecule has 3 nitrogen and oxygen atoms in total. The number of hydrogen-bond acceptors (Lipinski definition) is 2. The molecule has 0 unspecified atom stereocenters. The average molecular weight is 287 g/mol. The van der Waals surface area contributed by atoms with Gasteiger partial charge in [0.15, 0.2) is 0 Å². The van der Waals surface area contributed by atoms with Gasteiger partial charge < -0.3 is 0 Å². The minimum Gasteiger partial charge on any atom is -0.274 e. The van der Waals surface area contributed by atoms with E-state index in [1.807, 2.05) is 12.1 Å². The van der Waals surface area contributed by atoms with Crippen molar-refractivity contribution in [2.75, 3.05) is 6.54 Å². The van der Waals surface area contributed by atoms with E-state index in [0.29, 0.717) is 17.7 Å². The van der Waals surface area contributed by atoms with Gasteiger partial charge in [-0.15, -0.1) is 0 Å². The van der Waals surface area contributed by atoms with Gasteiger partial charge >= 0.3 is 0 Å². The zero-order valence-electron chi connectivity index (χ0n) is 12.9. The molecule has 0 saturated heterocycles. The van der Waals surface area contributed by atoms with E-state index in [0.717, 1.165) is 12.8 Å². The molecule has 114 valence electrons. The summed E-state index contributed by atoms with van der Waals surface area (Å²) in [6.45, 7) is 2.78. The minimum atomic E-state index is -0.126. The highest BCUT2D eigenvalue weighted by Crippen LogP contribution is 2.22. The van der Waals surface area contributed by atoms with Crippen molar-refractivity contribution in [3.05, 3.63) is 35.4 Å². The summed E-state index contributed by atoms with van der Waals surface area (Å²) in [6, 6.07) is 7.10. The molecule has 2 rings (SSSR count). The fraction of sp³-hybridized carbons (Fsp3) is 0.556. The molecule has 1 aliphatic rings. The molecule has 0 N–H and O–H groups in total. The van der Waals surface area contributed by atoms with Crippen molar-refractivity contribution >= 4 is 11.8 Å². The number of fused-ring (bicyclic) bond motifs is 1. The van der Waals surface area contributed by atoms with Crippen LogP contribution in [0.2, 0.25) is 0 Å². The quantitative estimate of drug-likeness (QED) is 0.498. The number of rotatable bonds is 9. The second kappa shape index (κ2) is 7.96. The standard InChI is InChI=1S/C18H25NO2/c1-2-3-4-5-6-7-8-11-14-19-17(20)15-12-9-10-13-16(15)18(19)21/h9-10,12-13H,2-8,11,14H2,1H3. The number of imide groups is 1. The molecule has 0 atom stereocenters. The summed E-state index contributed by atoms with van der Waals surface area (Å²) in [4.78, 5) is 25.7. The Balaban J connectivity index is 1.69. The van der Waals surface area contributed by atoms with Crippen LogP contribution in [-0.4, -0.2) is 23.3 Å². The highest BCUT2D eigenvalue weighted by atomic mass is 16.2. The van der Waals surface area contributed by atoms with Crippen molar-refractivity contribution < 1.29 is 9.59 Å². The van der Waals surface area contributed by atoms with E-state index in [1.54, 1.807) is 12.1 Å². The Labute approximate surface area is 127 Å². The SMILES string of the molecule is CCCCCCCCCCN1C(=O)c2ccccc2C1=O. The van der Waals surface area contributed by atoms with Crippen LogP contribution < -0.4 is 0 Å². The lowest BCUT2D eigenvalue weighted by molar-refractivity contribution is 0.0651. The summed E-state index contributed by atoms with van der Waals surface area (Å²) in [7, 11) is 0. The number of hydrogen-bond donors (Lipinski definition) is 0. The van der Waals surface area contributed by atoms with Crippen LogP contribution in [-0.2, 0) is 0 Å². The monoisotopic (exact) mass is 287 g/mol. The lowest BCUT2D eigenvalue weighted by atomic mass is 10.1. The molecule has 2 amide bonds. The third-order valence-corrected chi connectivity index (χ3v) is 4.11. The van der Waals surface area contributed by atoms with Crippen molar-refractivity contribution in [1.82, 2.24) is 4.90 Å². The van der Waals surface area contributed by atoms with E-state index in [4.69, 9.17) is 0 Å². The predicted octanol–water partition coefficient (Wildman–Crippen LogP) is 4.42. The lowest BCUT2D eigenvalue weighted by Crippen LogP contribution is -2.30. The van der Waals surface area contributed by atoms with Gasteiger partial charge in [0.05, 0.1) is 11.1 Å². The Morgan fingerprint density at radius 1 is 0.762 bits per heavy atom. The molecular formula is C18H25NO2. The van der Waals surface area contributed by atoms with Crippen LogP contribution in [0.1, 0.15) is 79.0 Å². The Morgan fingerprint density at radius 2 is 1.24 bits per heavy atom. The van der Waals surface area contributed by atoms with E-state index in [-0.39, 0.29) is 11.8 Å². The number of carbonyl (C=O) groups is 2. The first-order chi connectivity index (χ1) is 10.3. The number of amides is 2. The normalized spacial score (nSPS) is 13.9. The fourth-order valence-corrected chi connectivity index (χ4v) is 2.85. The van der Waals surface area contributed by atoms with Crippen LogP contribution in [0.25, 0.3) is 0 Å². The zero-order valence-corrected chi connectivity index (χ0v) is 12.9. The van der Waals surface area contributed by atoms with Gasteiger partial charge in [-0.3, -0.25) is 14.5 Å². The van der Waals surface area contributed by atoms with E-state index in [9.17, 15) is 9.59 Å². The molecule has 0 spiro atoms. The molecule has 0 saturated carbocycles. The molecule has 0 aliphatic carbocycles. The molecule has 0 bridgehead atoms. The molecule has 1 aromatic carbocycles. The molecule has 21 heavy (non-hydrogen) atoms. The van der Waals surface area contributed by atoms with Crippen LogP contribution in [0.3, 0.4) is 0 Å². The van der Waals surface area contributed by atoms with Crippen molar-refractivity contribution in [2.24, 2.45) is 0 Å². The van der Waals surface area contributed by atoms with Gasteiger partial charge in [0.1, 0.15) is 0 Å². The highest BCUT2D eigenvalue weighted by Gasteiger charge is 2.34. The number of benzene rings is 1. The van der Waals surface area contributed by atoms with Gasteiger partial charge in [-0.05, 0) is 18.6 Å². The Morgan fingerprint density at radius 3 is 1.76 bits per heavy atom. The van der Waals surface area contributed by atoms with E-state index < -0.39 is 0 Å². The molecule has 0 radical (unpaired) electrons. The molecule has 1 aromatic rings. The van der Waals surface area contributed by atoms with Crippen LogP contribution in [0.5, 0.6) is 0 Å². The second-order valence-corrected chi connectivity index (χ2v) is 5.78. The number of nitrogens with zero attached hydrogens (tertiary/aromatic N) is 1. The molecular weight excluding hydrogens is 262 g/mol. The summed E-state index contributed by atoms with van der Waals surface area (Å²) >= 11 is 0. The van der Waals surface area contributed by atoms with Crippen molar-refractivity contribution in [2.45, 2.75) is 58.3 Å². The predicted molar refractivity (Wildman–Crippen MR) is 84.4 cm³/mol. The van der Waals surface area contributed by atoms with Crippen LogP contribution in [0.4, 0.5) is 0 Å². The lowest BCUT2D eigenvalue weighted by Gasteiger charge is -2.13. The first-order valence-electron chi connectivity index (χ1n) is 8.21. The third kappa shape index (κ3) is 3.93. The fourth-order valence-electron chi connectivity index (χ4n) is 2.85. The maximum Gasteiger partial charge on any atom is 0.261 e. The van der Waals surface area contributed by atoms with E-state index in [2.05, 4.69) is 6.92 Å². The summed E-state index contributed by atoms with van der Waals surface area (Å²) in [5, 5.41) is 0. The van der Waals surface area contributed by atoms with Crippen LogP contribution in [0.15, 0.2) is 24.3 Å². The summed E-state index contributed by atoms with van der Waals surface area (Å²) in [6.07, 6.45) is 9.72. The van der Waals surface area contributed by atoms with E-state index >= 15 is 0 Å². The van der Waals surface area contributed by atoms with Gasteiger partial charge in [-0.2, -0.15) is 0 Å². The second-order valence-electron chi connectivity index (χ2n) is 5.78. The zero-order chi connectivity index (χ0) is 15.1. The Bertz CT molecular complexity index is 461. The van der Waals surface area contributed by atoms with Crippen molar-refractivity contribution in [3.63, 3.8) is 0 Å². The van der Waals surface area contributed by atoms with Gasteiger partial charge in [0.25, 0.3) is 11.8 Å². The van der Waals surface area contributed by atoms with Crippen LogP contribution in [0, 0.1) is 0 Å². The molecule has 1 aliphatic heterocycles. The smallest absolute Gasteiger partial charge is 0.261 e. The highest BCUT2D eigenvalue weighted by molar-refractivity contribution is 6.21. The van der Waals surface area contributed by atoms with Crippen LogP contribution >= 0.6 is 0 Å². The number of carbonyl (C=O) groups excluding carboxylic acids is 2. The third-order valence-electron chi connectivity index (χ3n) is 4.11. The summed E-state index contributed by atoms with van der Waals surface area (Å²) < 4.78 is 0. The molecule has 3 heteroatoms. The average Bonchev–Trinajstić information content (AvgIpc) is 2.75. The van der Waals surface area contributed by atoms with Gasteiger partial charge in [-0.1, -0.05) is 64.0 Å². The largest absolute Gasteiger partial charge is 0.274 e. The maximum absolute atomic E-state index is 12.2. The first kappa shape index (κ1) is 15.7. The van der Waals surface area contributed by atoms with Gasteiger partial charge in [0, 0.05) is 6.54 Å². The molecule has 0 aromatic heterocycles. The summed E-state index contributed by atoms with van der Waals surface area (Å²) in [5.74, 6) is -0.253. The van der Waals surface area contributed by atoms with Gasteiger partial charge in [-0.25, -0.2) is 0 Å². The Kier molecular flexibility index (Phi) is 5.97. The maximum atomic E-state index is 12.2. The number of unbranched alkanes of at least 4 members (excludes halogenated alkanes) is 7. The first-order valence-corrected chi connectivity index (χ1v) is 8.21. The van der Waals surface area contributed by atoms with E-state index in [1.165, 1.54) is 43.4 Å². The van der Waals surface area contributed by atoms with Crippen molar-refractivity contribution in [1.29, 1.82) is 0 Å². The topological polar surface area (TPSA) is 37.4 Å². The van der Waals surface area contributed by atoms with Gasteiger partial charge in [0.2, 0.25) is 0 Å². The molecule has 0 fully saturated rings. The minimum absolute atomic E-state index is 0.126. The summed E-state index contributed by atoms with van der Waals surface area (Å²) in [5.41, 5.74) is 1.11. The molecule has 1 heterocycles. The Hall–Kier alpha value is -1.64. The van der Waals surface area contributed by atoms with Crippen molar-refractivity contribution in [3.8, 4) is 0 Å².